The fourth-order valence-electron chi connectivity index (χ4n) is 3.63. The van der Waals surface area contributed by atoms with Crippen molar-refractivity contribution in [3.8, 4) is 11.5 Å². The second-order valence-electron chi connectivity index (χ2n) is 6.76. The van der Waals surface area contributed by atoms with Gasteiger partial charge in [-0.3, -0.25) is 14.9 Å². The Bertz CT molecular complexity index is 912. The Balaban J connectivity index is 1.62. The second kappa shape index (κ2) is 7.47. The molecule has 148 valence electrons. The molecule has 1 saturated heterocycles. The van der Waals surface area contributed by atoms with Gasteiger partial charge in [-0.1, -0.05) is 0 Å². The monoisotopic (exact) mass is 387 g/mol. The average molecular weight is 387 g/mol. The summed E-state index contributed by atoms with van der Waals surface area (Å²) in [6.07, 6.45) is 3.43. The quantitative estimate of drug-likeness (QED) is 0.610. The SMILES string of the molecule is Cn1ccnc1C1CNCCN1C(=O)Cc1cc2c(cc1[N+](=O)[O-])OCCO2. The number of nitrogens with zero attached hydrogens (tertiary/aromatic N) is 4. The van der Waals surface area contributed by atoms with Crippen LogP contribution in [-0.2, 0) is 18.3 Å². The van der Waals surface area contributed by atoms with Crippen molar-refractivity contribution >= 4 is 11.6 Å². The number of aromatic nitrogens is 2. The Morgan fingerprint density at radius 2 is 2.11 bits per heavy atom. The van der Waals surface area contributed by atoms with E-state index in [1.54, 1.807) is 17.2 Å². The van der Waals surface area contributed by atoms with Crippen molar-refractivity contribution in [3.63, 3.8) is 0 Å². The molecule has 1 amide bonds. The number of hydrogen-bond donors (Lipinski definition) is 1. The van der Waals surface area contributed by atoms with Crippen LogP contribution in [-0.4, -0.2) is 58.1 Å². The van der Waals surface area contributed by atoms with Crippen LogP contribution in [0.3, 0.4) is 0 Å². The van der Waals surface area contributed by atoms with Crippen LogP contribution in [0.2, 0.25) is 0 Å². The van der Waals surface area contributed by atoms with Crippen LogP contribution < -0.4 is 14.8 Å². The Morgan fingerprint density at radius 1 is 1.36 bits per heavy atom. The van der Waals surface area contributed by atoms with Gasteiger partial charge in [0.15, 0.2) is 11.5 Å². The Hall–Kier alpha value is -3.14. The molecule has 0 spiro atoms. The third-order valence-electron chi connectivity index (χ3n) is 5.00. The fraction of sp³-hybridized carbons (Fsp3) is 0.444. The topological polar surface area (TPSA) is 112 Å². The van der Waals surface area contributed by atoms with Crippen LogP contribution in [0.25, 0.3) is 0 Å². The van der Waals surface area contributed by atoms with E-state index in [1.165, 1.54) is 6.07 Å². The molecule has 1 aromatic carbocycles. The van der Waals surface area contributed by atoms with Gasteiger partial charge in [0.25, 0.3) is 5.69 Å². The summed E-state index contributed by atoms with van der Waals surface area (Å²) >= 11 is 0. The summed E-state index contributed by atoms with van der Waals surface area (Å²) < 4.78 is 12.8. The molecule has 3 heterocycles. The molecule has 1 fully saturated rings. The van der Waals surface area contributed by atoms with E-state index in [9.17, 15) is 14.9 Å². The molecular formula is C18H21N5O5. The molecule has 0 radical (unpaired) electrons. The van der Waals surface area contributed by atoms with Gasteiger partial charge < -0.3 is 24.3 Å². The second-order valence-corrected chi connectivity index (χ2v) is 6.76. The standard InChI is InChI=1S/C18H21N5O5/c1-21-4-3-20-18(21)14-11-19-2-5-22(14)17(24)9-12-8-15-16(28-7-6-27-15)10-13(12)23(25)26/h3-4,8,10,14,19H,2,5-7,9,11H2,1H3. The van der Waals surface area contributed by atoms with E-state index in [1.807, 2.05) is 17.8 Å². The number of nitro groups is 1. The number of amides is 1. The van der Waals surface area contributed by atoms with Crippen LogP contribution in [0.1, 0.15) is 17.4 Å². The van der Waals surface area contributed by atoms with Crippen molar-refractivity contribution in [2.24, 2.45) is 7.05 Å². The zero-order valence-electron chi connectivity index (χ0n) is 15.5. The summed E-state index contributed by atoms with van der Waals surface area (Å²) in [6.45, 7) is 2.47. The number of carbonyl (C=O) groups excluding carboxylic acids is 1. The summed E-state index contributed by atoms with van der Waals surface area (Å²) in [5, 5.41) is 14.8. The number of aryl methyl sites for hydroxylation is 1. The van der Waals surface area contributed by atoms with Crippen LogP contribution in [0, 0.1) is 10.1 Å². The van der Waals surface area contributed by atoms with Crippen molar-refractivity contribution in [2.45, 2.75) is 12.5 Å². The molecule has 1 aromatic heterocycles. The number of ether oxygens (including phenoxy) is 2. The third kappa shape index (κ3) is 3.38. The Kier molecular flexibility index (Phi) is 4.86. The number of hydrogen-bond acceptors (Lipinski definition) is 7. The zero-order chi connectivity index (χ0) is 19.7. The van der Waals surface area contributed by atoms with Crippen molar-refractivity contribution in [1.29, 1.82) is 0 Å². The number of carbonyl (C=O) groups is 1. The van der Waals surface area contributed by atoms with Gasteiger partial charge in [-0.05, 0) is 6.07 Å². The molecule has 0 saturated carbocycles. The normalized spacial score (nSPS) is 18.8. The van der Waals surface area contributed by atoms with E-state index < -0.39 is 4.92 Å². The molecule has 1 N–H and O–H groups in total. The molecule has 28 heavy (non-hydrogen) atoms. The maximum Gasteiger partial charge on any atom is 0.277 e. The molecule has 1 unspecified atom stereocenters. The van der Waals surface area contributed by atoms with E-state index in [-0.39, 0.29) is 24.1 Å². The van der Waals surface area contributed by atoms with Crippen molar-refractivity contribution < 1.29 is 19.2 Å². The highest BCUT2D eigenvalue weighted by Crippen LogP contribution is 2.37. The fourth-order valence-corrected chi connectivity index (χ4v) is 3.63. The maximum absolute atomic E-state index is 13.1. The minimum atomic E-state index is -0.491. The third-order valence-corrected chi connectivity index (χ3v) is 5.00. The molecule has 2 aliphatic heterocycles. The van der Waals surface area contributed by atoms with Gasteiger partial charge in [-0.15, -0.1) is 0 Å². The Morgan fingerprint density at radius 3 is 2.79 bits per heavy atom. The number of nitro benzene ring substituents is 1. The van der Waals surface area contributed by atoms with E-state index in [4.69, 9.17) is 9.47 Å². The van der Waals surface area contributed by atoms with Crippen LogP contribution in [0.4, 0.5) is 5.69 Å². The van der Waals surface area contributed by atoms with Gasteiger partial charge in [0, 0.05) is 44.6 Å². The van der Waals surface area contributed by atoms with Gasteiger partial charge in [0.05, 0.1) is 17.4 Å². The summed E-state index contributed by atoms with van der Waals surface area (Å²) in [4.78, 5) is 30.2. The molecule has 2 aromatic rings. The van der Waals surface area contributed by atoms with Crippen molar-refractivity contribution in [2.75, 3.05) is 32.8 Å². The lowest BCUT2D eigenvalue weighted by molar-refractivity contribution is -0.385. The van der Waals surface area contributed by atoms with Gasteiger partial charge in [0.1, 0.15) is 25.1 Å². The number of imidazole rings is 1. The van der Waals surface area contributed by atoms with Gasteiger partial charge in [0.2, 0.25) is 5.91 Å². The highest BCUT2D eigenvalue weighted by atomic mass is 16.6. The predicted octanol–water partition coefficient (Wildman–Crippen LogP) is 0.815. The molecule has 0 bridgehead atoms. The highest BCUT2D eigenvalue weighted by molar-refractivity contribution is 5.81. The smallest absolute Gasteiger partial charge is 0.277 e. The van der Waals surface area contributed by atoms with E-state index in [0.717, 1.165) is 5.82 Å². The maximum atomic E-state index is 13.1. The molecule has 0 aliphatic carbocycles. The number of piperazine rings is 1. The minimum Gasteiger partial charge on any atom is -0.486 e. The first-order valence-corrected chi connectivity index (χ1v) is 9.09. The van der Waals surface area contributed by atoms with E-state index in [2.05, 4.69) is 10.3 Å². The van der Waals surface area contributed by atoms with E-state index >= 15 is 0 Å². The first-order valence-electron chi connectivity index (χ1n) is 9.09. The van der Waals surface area contributed by atoms with Gasteiger partial charge in [-0.25, -0.2) is 4.98 Å². The molecule has 10 nitrogen and oxygen atoms in total. The zero-order valence-corrected chi connectivity index (χ0v) is 15.5. The van der Waals surface area contributed by atoms with Crippen LogP contribution in [0.5, 0.6) is 11.5 Å². The highest BCUT2D eigenvalue weighted by Gasteiger charge is 2.32. The summed E-state index contributed by atoms with van der Waals surface area (Å²) in [5.74, 6) is 1.36. The molecule has 10 heteroatoms. The van der Waals surface area contributed by atoms with E-state index in [0.29, 0.717) is 49.9 Å². The van der Waals surface area contributed by atoms with Crippen molar-refractivity contribution in [3.05, 3.63) is 46.0 Å². The first kappa shape index (κ1) is 18.2. The number of benzene rings is 1. The largest absolute Gasteiger partial charge is 0.486 e. The molecule has 4 rings (SSSR count). The van der Waals surface area contributed by atoms with Crippen molar-refractivity contribution in [1.82, 2.24) is 19.8 Å². The average Bonchev–Trinajstić information content (AvgIpc) is 3.13. The number of rotatable bonds is 4. The molecule has 2 aliphatic rings. The minimum absolute atomic E-state index is 0.0894. The predicted molar refractivity (Wildman–Crippen MR) is 98.3 cm³/mol. The lowest BCUT2D eigenvalue weighted by Gasteiger charge is -2.35. The lowest BCUT2D eigenvalue weighted by Crippen LogP contribution is -2.49. The number of nitrogens with one attached hydrogen (secondary N) is 1. The molecule has 1 atom stereocenters. The van der Waals surface area contributed by atoms with Gasteiger partial charge >= 0.3 is 0 Å². The first-order chi connectivity index (χ1) is 13.5. The lowest BCUT2D eigenvalue weighted by atomic mass is 10.1. The Labute approximate surface area is 161 Å². The molecular weight excluding hydrogens is 366 g/mol. The number of fused-ring (bicyclic) bond motifs is 1. The summed E-state index contributed by atoms with van der Waals surface area (Å²) in [7, 11) is 1.88. The summed E-state index contributed by atoms with van der Waals surface area (Å²) in [6, 6.07) is 2.66. The van der Waals surface area contributed by atoms with Crippen LogP contribution >= 0.6 is 0 Å². The van der Waals surface area contributed by atoms with Crippen LogP contribution in [0.15, 0.2) is 24.5 Å². The van der Waals surface area contributed by atoms with Gasteiger partial charge in [-0.2, -0.15) is 0 Å². The summed E-state index contributed by atoms with van der Waals surface area (Å²) in [5.41, 5.74) is 0.178.